The molecule has 0 unspecified atom stereocenters. The summed E-state index contributed by atoms with van der Waals surface area (Å²) in [6.07, 6.45) is 0.361. The molecule has 0 radical (unpaired) electrons. The Balaban J connectivity index is 1.76. The molecule has 0 aromatic heterocycles. The van der Waals surface area contributed by atoms with Crippen molar-refractivity contribution in [2.75, 3.05) is 50.3 Å². The van der Waals surface area contributed by atoms with Crippen LogP contribution >= 0.6 is 0 Å². The molecule has 1 aromatic carbocycles. The lowest BCUT2D eigenvalue weighted by Crippen LogP contribution is -2.46. The summed E-state index contributed by atoms with van der Waals surface area (Å²) in [5, 5.41) is 2.58. The predicted molar refractivity (Wildman–Crippen MR) is 82.6 cm³/mol. The van der Waals surface area contributed by atoms with Gasteiger partial charge in [0, 0.05) is 44.8 Å². The van der Waals surface area contributed by atoms with Crippen LogP contribution in [0.1, 0.15) is 13.3 Å². The molecule has 3 N–H and O–H groups in total. The minimum atomic E-state index is -0.464. The van der Waals surface area contributed by atoms with E-state index in [4.69, 9.17) is 5.73 Å². The van der Waals surface area contributed by atoms with Gasteiger partial charge in [-0.25, -0.2) is 4.39 Å². The Morgan fingerprint density at radius 1 is 1.29 bits per heavy atom. The van der Waals surface area contributed by atoms with E-state index in [1.807, 2.05) is 0 Å². The van der Waals surface area contributed by atoms with Gasteiger partial charge in [-0.15, -0.1) is 0 Å². The number of hydrogen-bond acceptors (Lipinski definition) is 4. The fourth-order valence-electron chi connectivity index (χ4n) is 2.44. The maximum Gasteiger partial charge on any atom is 0.225 e. The number of nitrogen functional groups attached to an aromatic ring is 1. The van der Waals surface area contributed by atoms with Gasteiger partial charge in [0.05, 0.1) is 5.69 Å². The highest BCUT2D eigenvalue weighted by Gasteiger charge is 2.16. The lowest BCUT2D eigenvalue weighted by Gasteiger charge is -2.33. The first-order valence-corrected chi connectivity index (χ1v) is 7.38. The largest absolute Gasteiger partial charge is 0.399 e. The normalized spacial score (nSPS) is 16.9. The third-order valence-corrected chi connectivity index (χ3v) is 3.83. The average Bonchev–Trinajstić information content (AvgIpc) is 2.49. The van der Waals surface area contributed by atoms with E-state index < -0.39 is 5.82 Å². The SMILES string of the molecule is CCN1CCN(CCC(=O)Nc2cc(N)ccc2F)CC1. The van der Waals surface area contributed by atoms with E-state index in [-0.39, 0.29) is 11.6 Å². The molecule has 2 rings (SSSR count). The number of anilines is 2. The van der Waals surface area contributed by atoms with Gasteiger partial charge in [0.15, 0.2) is 0 Å². The van der Waals surface area contributed by atoms with Crippen LogP contribution in [0.25, 0.3) is 0 Å². The summed E-state index contributed by atoms with van der Waals surface area (Å²) in [6.45, 7) is 7.98. The molecule has 0 saturated carbocycles. The van der Waals surface area contributed by atoms with Crippen LogP contribution in [0, 0.1) is 5.82 Å². The average molecular weight is 294 g/mol. The second kappa shape index (κ2) is 7.38. The number of piperazine rings is 1. The Morgan fingerprint density at radius 3 is 2.62 bits per heavy atom. The molecule has 1 heterocycles. The Labute approximate surface area is 124 Å². The zero-order valence-electron chi connectivity index (χ0n) is 12.4. The molecule has 1 aliphatic rings. The van der Waals surface area contributed by atoms with Gasteiger partial charge in [0.25, 0.3) is 0 Å². The summed E-state index contributed by atoms with van der Waals surface area (Å²) in [6, 6.07) is 4.17. The van der Waals surface area contributed by atoms with E-state index in [1.54, 1.807) is 0 Å². The number of benzene rings is 1. The topological polar surface area (TPSA) is 61.6 Å². The van der Waals surface area contributed by atoms with Crippen molar-refractivity contribution in [3.8, 4) is 0 Å². The fraction of sp³-hybridized carbons (Fsp3) is 0.533. The Hall–Kier alpha value is -1.66. The minimum Gasteiger partial charge on any atom is -0.399 e. The third-order valence-electron chi connectivity index (χ3n) is 3.83. The molecule has 21 heavy (non-hydrogen) atoms. The molecule has 0 aliphatic carbocycles. The number of rotatable bonds is 5. The van der Waals surface area contributed by atoms with Crippen molar-refractivity contribution < 1.29 is 9.18 Å². The quantitative estimate of drug-likeness (QED) is 0.805. The molecule has 1 amide bonds. The van der Waals surface area contributed by atoms with Crippen LogP contribution in [0.4, 0.5) is 15.8 Å². The van der Waals surface area contributed by atoms with Crippen LogP contribution in [0.2, 0.25) is 0 Å². The van der Waals surface area contributed by atoms with Gasteiger partial charge in [0.2, 0.25) is 5.91 Å². The van der Waals surface area contributed by atoms with E-state index in [2.05, 4.69) is 22.0 Å². The van der Waals surface area contributed by atoms with Crippen LogP contribution in [-0.2, 0) is 4.79 Å². The molecular formula is C15H23FN4O. The van der Waals surface area contributed by atoms with Gasteiger partial charge in [-0.1, -0.05) is 6.92 Å². The molecule has 116 valence electrons. The number of likely N-dealkylation sites (N-methyl/N-ethyl adjacent to an activating group) is 1. The van der Waals surface area contributed by atoms with Crippen molar-refractivity contribution in [1.29, 1.82) is 0 Å². The van der Waals surface area contributed by atoms with Crippen molar-refractivity contribution >= 4 is 17.3 Å². The van der Waals surface area contributed by atoms with Crippen molar-refractivity contribution in [2.24, 2.45) is 0 Å². The molecule has 1 aromatic rings. The Kier molecular flexibility index (Phi) is 5.52. The maximum atomic E-state index is 13.5. The van der Waals surface area contributed by atoms with Crippen LogP contribution in [0.15, 0.2) is 18.2 Å². The number of halogens is 1. The second-order valence-electron chi connectivity index (χ2n) is 5.31. The number of hydrogen-bond donors (Lipinski definition) is 2. The maximum absolute atomic E-state index is 13.5. The third kappa shape index (κ3) is 4.68. The Bertz CT molecular complexity index is 487. The van der Waals surface area contributed by atoms with Crippen molar-refractivity contribution in [3.05, 3.63) is 24.0 Å². The summed E-state index contributed by atoms with van der Waals surface area (Å²) in [7, 11) is 0. The molecule has 6 heteroatoms. The van der Waals surface area contributed by atoms with Crippen LogP contribution < -0.4 is 11.1 Å². The number of nitrogens with two attached hydrogens (primary N) is 1. The van der Waals surface area contributed by atoms with Gasteiger partial charge >= 0.3 is 0 Å². The first kappa shape index (κ1) is 15.7. The van der Waals surface area contributed by atoms with Crippen LogP contribution in [-0.4, -0.2) is 55.0 Å². The van der Waals surface area contributed by atoms with Gasteiger partial charge < -0.3 is 20.9 Å². The van der Waals surface area contributed by atoms with E-state index in [0.717, 1.165) is 32.7 Å². The van der Waals surface area contributed by atoms with E-state index in [9.17, 15) is 9.18 Å². The fourth-order valence-corrected chi connectivity index (χ4v) is 2.44. The Morgan fingerprint density at radius 2 is 1.95 bits per heavy atom. The van der Waals surface area contributed by atoms with Crippen LogP contribution in [0.5, 0.6) is 0 Å². The highest BCUT2D eigenvalue weighted by atomic mass is 19.1. The van der Waals surface area contributed by atoms with Crippen LogP contribution in [0.3, 0.4) is 0 Å². The summed E-state index contributed by atoms with van der Waals surface area (Å²) in [4.78, 5) is 16.5. The standard InChI is InChI=1S/C15H23FN4O/c1-2-19-7-9-20(10-8-19)6-5-15(21)18-14-11-12(17)3-4-13(14)16/h3-4,11H,2,5-10,17H2,1H3,(H,18,21). The summed E-state index contributed by atoms with van der Waals surface area (Å²) in [5.74, 6) is -0.647. The zero-order chi connectivity index (χ0) is 15.2. The highest BCUT2D eigenvalue weighted by molar-refractivity contribution is 5.91. The molecule has 0 spiro atoms. The highest BCUT2D eigenvalue weighted by Crippen LogP contribution is 2.17. The van der Waals surface area contributed by atoms with E-state index in [0.29, 0.717) is 18.7 Å². The van der Waals surface area contributed by atoms with Crippen molar-refractivity contribution in [2.45, 2.75) is 13.3 Å². The zero-order valence-corrected chi connectivity index (χ0v) is 12.4. The molecular weight excluding hydrogens is 271 g/mol. The minimum absolute atomic E-state index is 0.149. The monoisotopic (exact) mass is 294 g/mol. The number of carbonyl (C=O) groups excluding carboxylic acids is 1. The summed E-state index contributed by atoms with van der Waals surface area (Å²) >= 11 is 0. The van der Waals surface area contributed by atoms with E-state index in [1.165, 1.54) is 18.2 Å². The molecule has 1 aliphatic heterocycles. The first-order valence-electron chi connectivity index (χ1n) is 7.38. The van der Waals surface area contributed by atoms with Gasteiger partial charge in [-0.3, -0.25) is 4.79 Å². The smallest absolute Gasteiger partial charge is 0.225 e. The number of carbonyl (C=O) groups is 1. The number of amides is 1. The lowest BCUT2D eigenvalue weighted by atomic mass is 10.2. The number of nitrogens with zero attached hydrogens (tertiary/aromatic N) is 2. The predicted octanol–water partition coefficient (Wildman–Crippen LogP) is 1.37. The van der Waals surface area contributed by atoms with Gasteiger partial charge in [-0.05, 0) is 24.7 Å². The molecule has 5 nitrogen and oxygen atoms in total. The molecule has 0 atom stereocenters. The summed E-state index contributed by atoms with van der Waals surface area (Å²) < 4.78 is 13.5. The lowest BCUT2D eigenvalue weighted by molar-refractivity contribution is -0.116. The van der Waals surface area contributed by atoms with Crippen molar-refractivity contribution in [1.82, 2.24) is 9.80 Å². The summed E-state index contributed by atoms with van der Waals surface area (Å²) in [5.41, 5.74) is 6.17. The number of nitrogens with one attached hydrogen (secondary N) is 1. The second-order valence-corrected chi connectivity index (χ2v) is 5.31. The van der Waals surface area contributed by atoms with E-state index >= 15 is 0 Å². The molecule has 1 fully saturated rings. The van der Waals surface area contributed by atoms with Gasteiger partial charge in [-0.2, -0.15) is 0 Å². The van der Waals surface area contributed by atoms with Crippen molar-refractivity contribution in [3.63, 3.8) is 0 Å². The first-order chi connectivity index (χ1) is 10.1. The molecule has 0 bridgehead atoms. The van der Waals surface area contributed by atoms with Gasteiger partial charge in [0.1, 0.15) is 5.82 Å². The molecule has 1 saturated heterocycles.